The average molecular weight is 558 g/mol. The van der Waals surface area contributed by atoms with Gasteiger partial charge in [0.15, 0.2) is 6.61 Å². The summed E-state index contributed by atoms with van der Waals surface area (Å²) >= 11 is 15.8. The maximum Gasteiger partial charge on any atom is 0.261 e. The highest BCUT2D eigenvalue weighted by molar-refractivity contribution is 9.10. The van der Waals surface area contributed by atoms with Crippen molar-refractivity contribution in [2.45, 2.75) is 66.1 Å². The van der Waals surface area contributed by atoms with Crippen molar-refractivity contribution in [1.29, 1.82) is 0 Å². The third-order valence-corrected chi connectivity index (χ3v) is 7.49. The van der Waals surface area contributed by atoms with Gasteiger partial charge in [-0.05, 0) is 74.6 Å². The normalized spacial score (nSPS) is 12.7. The number of amides is 2. The van der Waals surface area contributed by atoms with E-state index in [1.54, 1.807) is 23.1 Å². The van der Waals surface area contributed by atoms with Crippen LogP contribution in [-0.4, -0.2) is 35.4 Å². The molecule has 0 aliphatic heterocycles. The van der Waals surface area contributed by atoms with E-state index < -0.39 is 6.04 Å². The summed E-state index contributed by atoms with van der Waals surface area (Å²) in [5.74, 6) is 0.134. The Labute approximate surface area is 214 Å². The van der Waals surface area contributed by atoms with Gasteiger partial charge in [0, 0.05) is 17.1 Å². The van der Waals surface area contributed by atoms with Crippen LogP contribution < -0.4 is 10.1 Å². The van der Waals surface area contributed by atoms with Crippen molar-refractivity contribution in [3.05, 3.63) is 61.5 Å². The van der Waals surface area contributed by atoms with Crippen molar-refractivity contribution in [3.8, 4) is 5.75 Å². The van der Waals surface area contributed by atoms with Crippen LogP contribution in [0.15, 0.2) is 34.8 Å². The number of rotatable bonds is 10. The molecule has 180 valence electrons. The minimum atomic E-state index is -0.641. The van der Waals surface area contributed by atoms with Crippen LogP contribution in [0.4, 0.5) is 0 Å². The zero-order chi connectivity index (χ0) is 24.7. The van der Waals surface area contributed by atoms with Crippen LogP contribution in [0.2, 0.25) is 10.0 Å². The van der Waals surface area contributed by atoms with Gasteiger partial charge >= 0.3 is 0 Å². The largest absolute Gasteiger partial charge is 0.484 e. The van der Waals surface area contributed by atoms with E-state index in [0.29, 0.717) is 22.2 Å². The van der Waals surface area contributed by atoms with Crippen LogP contribution in [0.25, 0.3) is 0 Å². The highest BCUT2D eigenvalue weighted by atomic mass is 79.9. The van der Waals surface area contributed by atoms with E-state index in [2.05, 4.69) is 21.2 Å². The van der Waals surface area contributed by atoms with Crippen LogP contribution in [-0.2, 0) is 16.1 Å². The fourth-order valence-electron chi connectivity index (χ4n) is 3.41. The lowest BCUT2D eigenvalue weighted by Crippen LogP contribution is -2.51. The number of nitrogens with one attached hydrogen (secondary N) is 1. The summed E-state index contributed by atoms with van der Waals surface area (Å²) in [5.41, 5.74) is 2.82. The summed E-state index contributed by atoms with van der Waals surface area (Å²) < 4.78 is 6.84. The molecule has 2 aromatic rings. The molecule has 33 heavy (non-hydrogen) atoms. The lowest BCUT2D eigenvalue weighted by molar-refractivity contribution is -0.143. The first-order valence-corrected chi connectivity index (χ1v) is 12.6. The minimum absolute atomic E-state index is 0.0124. The summed E-state index contributed by atoms with van der Waals surface area (Å²) in [6, 6.07) is 8.33. The first-order chi connectivity index (χ1) is 15.6. The second-order valence-electron chi connectivity index (χ2n) is 8.17. The molecule has 0 aromatic heterocycles. The molecule has 0 saturated carbocycles. The molecule has 0 fully saturated rings. The van der Waals surface area contributed by atoms with Crippen molar-refractivity contribution in [2.24, 2.45) is 0 Å². The van der Waals surface area contributed by atoms with Crippen LogP contribution in [0.1, 0.15) is 50.3 Å². The van der Waals surface area contributed by atoms with Crippen molar-refractivity contribution >= 4 is 50.9 Å². The predicted molar refractivity (Wildman–Crippen MR) is 138 cm³/mol. The van der Waals surface area contributed by atoms with E-state index in [4.69, 9.17) is 27.9 Å². The summed E-state index contributed by atoms with van der Waals surface area (Å²) in [4.78, 5) is 27.9. The smallest absolute Gasteiger partial charge is 0.261 e. The van der Waals surface area contributed by atoms with Crippen molar-refractivity contribution in [1.82, 2.24) is 10.2 Å². The molecule has 0 heterocycles. The monoisotopic (exact) mass is 556 g/mol. The number of benzene rings is 2. The van der Waals surface area contributed by atoms with Gasteiger partial charge in [0.25, 0.3) is 5.91 Å². The summed E-state index contributed by atoms with van der Waals surface area (Å²) in [6.07, 6.45) is 1.26. The molecule has 0 bridgehead atoms. The van der Waals surface area contributed by atoms with Gasteiger partial charge in [-0.3, -0.25) is 9.59 Å². The third-order valence-electron chi connectivity index (χ3n) is 5.50. The van der Waals surface area contributed by atoms with Crippen molar-refractivity contribution in [2.75, 3.05) is 6.61 Å². The summed E-state index contributed by atoms with van der Waals surface area (Å²) in [7, 11) is 0. The second-order valence-corrected chi connectivity index (χ2v) is 9.78. The van der Waals surface area contributed by atoms with Gasteiger partial charge in [-0.2, -0.15) is 0 Å². The van der Waals surface area contributed by atoms with Crippen LogP contribution in [0.3, 0.4) is 0 Å². The number of hydrogen-bond acceptors (Lipinski definition) is 3. The third kappa shape index (κ3) is 7.62. The van der Waals surface area contributed by atoms with Crippen molar-refractivity contribution in [3.63, 3.8) is 0 Å². The van der Waals surface area contributed by atoms with Gasteiger partial charge in [0.05, 0.1) is 10.0 Å². The number of ether oxygens (including phenoxy) is 1. The topological polar surface area (TPSA) is 58.6 Å². The molecular weight excluding hydrogens is 527 g/mol. The highest BCUT2D eigenvalue weighted by Crippen LogP contribution is 2.27. The molecule has 0 aliphatic carbocycles. The van der Waals surface area contributed by atoms with Gasteiger partial charge in [-0.25, -0.2) is 0 Å². The molecule has 0 saturated heterocycles. The number of halogens is 3. The average Bonchev–Trinajstić information content (AvgIpc) is 2.77. The zero-order valence-corrected chi connectivity index (χ0v) is 22.8. The van der Waals surface area contributed by atoms with Crippen molar-refractivity contribution < 1.29 is 14.3 Å². The molecule has 2 amide bonds. The van der Waals surface area contributed by atoms with Gasteiger partial charge in [-0.1, -0.05) is 59.0 Å². The first kappa shape index (κ1) is 27.5. The Balaban J connectivity index is 2.28. The Morgan fingerprint density at radius 2 is 1.70 bits per heavy atom. The number of hydrogen-bond donors (Lipinski definition) is 1. The molecule has 1 N–H and O–H groups in total. The van der Waals surface area contributed by atoms with E-state index >= 15 is 0 Å². The Morgan fingerprint density at radius 1 is 1.06 bits per heavy atom. The lowest BCUT2D eigenvalue weighted by atomic mass is 10.1. The Morgan fingerprint density at radius 3 is 2.24 bits per heavy atom. The fraction of sp³-hybridized carbons (Fsp3) is 0.440. The standard InChI is InChI=1S/C25H31BrCl2N2O3/c1-6-17(5)29-25(32)22(7-2)30(13-18-8-9-20(27)21(28)12-18)23(31)14-33-19-10-15(3)24(26)16(4)11-19/h8-12,17,22H,6-7,13-14H2,1-5H3,(H,29,32)/t17-,22+/m0/s1. The molecule has 5 nitrogen and oxygen atoms in total. The predicted octanol–water partition coefficient (Wildman–Crippen LogP) is 6.47. The van der Waals surface area contributed by atoms with Gasteiger partial charge in [0.2, 0.25) is 5.91 Å². The molecule has 2 atom stereocenters. The van der Waals surface area contributed by atoms with E-state index in [1.165, 1.54) is 0 Å². The fourth-order valence-corrected chi connectivity index (χ4v) is 3.96. The second kappa shape index (κ2) is 12.6. The molecular formula is C25H31BrCl2N2O3. The Hall–Kier alpha value is -1.76. The van der Waals surface area contributed by atoms with E-state index in [9.17, 15) is 9.59 Å². The summed E-state index contributed by atoms with van der Waals surface area (Å²) in [5, 5.41) is 3.82. The Bertz CT molecular complexity index is 977. The molecule has 8 heteroatoms. The van der Waals surface area contributed by atoms with Crippen LogP contribution in [0.5, 0.6) is 5.75 Å². The van der Waals surface area contributed by atoms with Gasteiger partial charge in [0.1, 0.15) is 11.8 Å². The maximum atomic E-state index is 13.3. The van der Waals surface area contributed by atoms with E-state index in [0.717, 1.165) is 27.6 Å². The SMILES string of the molecule is CC[C@H](C(=O)N[C@@H](C)CC)N(Cc1ccc(Cl)c(Cl)c1)C(=O)COc1cc(C)c(Br)c(C)c1. The molecule has 0 radical (unpaired) electrons. The number of nitrogens with zero attached hydrogens (tertiary/aromatic N) is 1. The lowest BCUT2D eigenvalue weighted by Gasteiger charge is -2.31. The molecule has 0 spiro atoms. The number of carbonyl (C=O) groups is 2. The number of carbonyl (C=O) groups excluding carboxylic acids is 2. The van der Waals surface area contributed by atoms with E-state index in [-0.39, 0.29) is 31.0 Å². The van der Waals surface area contributed by atoms with Crippen LogP contribution in [0, 0.1) is 13.8 Å². The first-order valence-electron chi connectivity index (χ1n) is 11.0. The minimum Gasteiger partial charge on any atom is -0.484 e. The molecule has 2 rings (SSSR count). The van der Waals surface area contributed by atoms with Crippen LogP contribution >= 0.6 is 39.1 Å². The molecule has 2 aromatic carbocycles. The number of aryl methyl sites for hydroxylation is 2. The highest BCUT2D eigenvalue weighted by Gasteiger charge is 2.29. The molecule has 0 unspecified atom stereocenters. The van der Waals surface area contributed by atoms with Gasteiger partial charge < -0.3 is 15.0 Å². The molecule has 0 aliphatic rings. The van der Waals surface area contributed by atoms with Gasteiger partial charge in [-0.15, -0.1) is 0 Å². The van der Waals surface area contributed by atoms with E-state index in [1.807, 2.05) is 46.8 Å². The zero-order valence-electron chi connectivity index (χ0n) is 19.7. The summed E-state index contributed by atoms with van der Waals surface area (Å²) in [6.45, 7) is 9.79. The quantitative estimate of drug-likeness (QED) is 0.364. The maximum absolute atomic E-state index is 13.3. The Kier molecular flexibility index (Phi) is 10.5.